The van der Waals surface area contributed by atoms with Gasteiger partial charge in [0.2, 0.25) is 5.91 Å². The number of nitriles is 1. The normalized spacial score (nSPS) is 21.8. The fourth-order valence-corrected chi connectivity index (χ4v) is 5.94. The third-order valence-corrected chi connectivity index (χ3v) is 8.19. The summed E-state index contributed by atoms with van der Waals surface area (Å²) in [5, 5.41) is 11.9. The van der Waals surface area contributed by atoms with E-state index in [2.05, 4.69) is 5.32 Å². The van der Waals surface area contributed by atoms with E-state index in [-0.39, 0.29) is 23.2 Å². The Bertz CT molecular complexity index is 828. The second-order valence-corrected chi connectivity index (χ2v) is 9.65. The zero-order chi connectivity index (χ0) is 18.1. The number of benzene rings is 1. The van der Waals surface area contributed by atoms with Crippen LogP contribution in [0, 0.1) is 11.3 Å². The van der Waals surface area contributed by atoms with Crippen LogP contribution in [-0.2, 0) is 14.6 Å². The highest BCUT2D eigenvalue weighted by atomic mass is 35.5. The van der Waals surface area contributed by atoms with E-state index in [4.69, 9.17) is 16.9 Å². The first-order valence-corrected chi connectivity index (χ1v) is 10.3. The Morgan fingerprint density at radius 3 is 2.68 bits per heavy atom. The predicted molar refractivity (Wildman–Crippen MR) is 96.2 cm³/mol. The Balaban J connectivity index is 1.60. The molecule has 1 aliphatic carbocycles. The van der Waals surface area contributed by atoms with Crippen molar-refractivity contribution in [3.63, 3.8) is 0 Å². The van der Waals surface area contributed by atoms with Crippen molar-refractivity contribution in [3.05, 3.63) is 28.8 Å². The number of nitrogens with one attached hydrogen (secondary N) is 1. The van der Waals surface area contributed by atoms with Crippen LogP contribution in [0.25, 0.3) is 0 Å². The first kappa shape index (κ1) is 18.2. The molecule has 2 fully saturated rings. The Morgan fingerprint density at radius 2 is 2.08 bits per heavy atom. The van der Waals surface area contributed by atoms with Crippen LogP contribution in [0.5, 0.6) is 0 Å². The number of hydrogen-bond donors (Lipinski definition) is 1. The molecule has 134 valence electrons. The Labute approximate surface area is 152 Å². The van der Waals surface area contributed by atoms with Crippen molar-refractivity contribution in [1.82, 2.24) is 4.90 Å². The maximum Gasteiger partial charge on any atom is 0.238 e. The van der Waals surface area contributed by atoms with Gasteiger partial charge in [-0.25, -0.2) is 8.42 Å². The van der Waals surface area contributed by atoms with Crippen LogP contribution in [0.2, 0.25) is 5.02 Å². The lowest BCUT2D eigenvalue weighted by atomic mass is 9.81. The van der Waals surface area contributed by atoms with Gasteiger partial charge in [-0.3, -0.25) is 9.69 Å². The van der Waals surface area contributed by atoms with Gasteiger partial charge in [-0.05, 0) is 37.5 Å². The lowest BCUT2D eigenvalue weighted by molar-refractivity contribution is -0.117. The summed E-state index contributed by atoms with van der Waals surface area (Å²) in [5.41, 5.74) is 0.870. The molecule has 1 aliphatic heterocycles. The summed E-state index contributed by atoms with van der Waals surface area (Å²) in [6, 6.07) is 6.68. The highest BCUT2D eigenvalue weighted by Gasteiger charge is 2.49. The third kappa shape index (κ3) is 3.66. The minimum Gasteiger partial charge on any atom is -0.325 e. The Morgan fingerprint density at radius 1 is 1.32 bits per heavy atom. The summed E-state index contributed by atoms with van der Waals surface area (Å²) in [5.74, 6) is -0.106. The highest BCUT2D eigenvalue weighted by Crippen LogP contribution is 2.43. The molecule has 1 heterocycles. The maximum absolute atomic E-state index is 12.5. The monoisotopic (exact) mass is 381 g/mol. The zero-order valence-electron chi connectivity index (χ0n) is 13.8. The number of amides is 1. The van der Waals surface area contributed by atoms with E-state index in [1.165, 1.54) is 6.07 Å². The van der Waals surface area contributed by atoms with E-state index in [0.717, 1.165) is 19.3 Å². The summed E-state index contributed by atoms with van der Waals surface area (Å²) in [4.78, 5) is 14.1. The number of carbonyl (C=O) groups is 1. The molecule has 6 nitrogen and oxygen atoms in total. The second-order valence-electron chi connectivity index (χ2n) is 6.74. The topological polar surface area (TPSA) is 90.3 Å². The Kier molecular flexibility index (Phi) is 5.05. The van der Waals surface area contributed by atoms with Crippen LogP contribution < -0.4 is 5.32 Å². The fraction of sp³-hybridized carbons (Fsp3) is 0.529. The van der Waals surface area contributed by atoms with Crippen LogP contribution in [0.4, 0.5) is 5.69 Å². The van der Waals surface area contributed by atoms with Gasteiger partial charge in [0.1, 0.15) is 6.07 Å². The van der Waals surface area contributed by atoms with E-state index >= 15 is 0 Å². The van der Waals surface area contributed by atoms with Gasteiger partial charge in [-0.15, -0.1) is 0 Å². The van der Waals surface area contributed by atoms with Crippen molar-refractivity contribution in [3.8, 4) is 6.07 Å². The number of rotatable bonds is 3. The molecule has 1 saturated carbocycles. The molecular formula is C17H20ClN3O3S. The van der Waals surface area contributed by atoms with Gasteiger partial charge in [0.15, 0.2) is 9.84 Å². The van der Waals surface area contributed by atoms with Gasteiger partial charge in [0.25, 0.3) is 0 Å². The van der Waals surface area contributed by atoms with Crippen molar-refractivity contribution in [2.45, 2.75) is 30.4 Å². The smallest absolute Gasteiger partial charge is 0.238 e. The Hall–Kier alpha value is -1.62. The standard InChI is InChI=1S/C17H20ClN3O3S/c18-15-10-14(3-2-13(15)11-19)20-16(22)12-21-7-6-17(4-1-5-17)25(23,24)9-8-21/h2-3,10H,1,4-9,12H2,(H,20,22). The number of nitrogens with zero attached hydrogens (tertiary/aromatic N) is 2. The molecule has 25 heavy (non-hydrogen) atoms. The predicted octanol–water partition coefficient (Wildman–Crippen LogP) is 2.19. The van der Waals surface area contributed by atoms with Gasteiger partial charge >= 0.3 is 0 Å². The molecule has 1 aromatic carbocycles. The van der Waals surface area contributed by atoms with E-state index in [9.17, 15) is 13.2 Å². The second kappa shape index (κ2) is 6.94. The molecule has 1 saturated heterocycles. The van der Waals surface area contributed by atoms with Crippen LogP contribution in [0.15, 0.2) is 18.2 Å². The molecule has 2 aliphatic rings. The van der Waals surface area contributed by atoms with E-state index in [0.29, 0.717) is 30.8 Å². The quantitative estimate of drug-likeness (QED) is 0.866. The van der Waals surface area contributed by atoms with Crippen molar-refractivity contribution in [2.24, 2.45) is 0 Å². The minimum atomic E-state index is -3.09. The molecule has 3 rings (SSSR count). The number of anilines is 1. The summed E-state index contributed by atoms with van der Waals surface area (Å²) in [7, 11) is -3.09. The molecule has 8 heteroatoms. The number of sulfone groups is 1. The van der Waals surface area contributed by atoms with E-state index in [1.807, 2.05) is 11.0 Å². The van der Waals surface area contributed by atoms with Crippen molar-refractivity contribution < 1.29 is 13.2 Å². The number of halogens is 1. The summed E-state index contributed by atoms with van der Waals surface area (Å²) >= 11 is 5.96. The molecule has 0 bridgehead atoms. The van der Waals surface area contributed by atoms with Crippen molar-refractivity contribution in [2.75, 3.05) is 30.7 Å². The SMILES string of the molecule is N#Cc1ccc(NC(=O)CN2CCC3(CCC3)S(=O)(=O)CC2)cc1Cl. The average Bonchev–Trinajstić information content (AvgIpc) is 2.63. The van der Waals surface area contributed by atoms with Gasteiger partial charge in [-0.1, -0.05) is 18.0 Å². The first-order valence-electron chi connectivity index (χ1n) is 8.29. The van der Waals surface area contributed by atoms with Crippen molar-refractivity contribution >= 4 is 33.0 Å². The molecule has 0 atom stereocenters. The largest absolute Gasteiger partial charge is 0.325 e. The van der Waals surface area contributed by atoms with Gasteiger partial charge in [-0.2, -0.15) is 5.26 Å². The fourth-order valence-electron chi connectivity index (χ4n) is 3.47. The van der Waals surface area contributed by atoms with Crippen LogP contribution >= 0.6 is 11.6 Å². The zero-order valence-corrected chi connectivity index (χ0v) is 15.4. The molecule has 1 amide bonds. The van der Waals surface area contributed by atoms with Gasteiger partial charge in [0.05, 0.1) is 27.6 Å². The summed E-state index contributed by atoms with van der Waals surface area (Å²) in [6.07, 6.45) is 3.07. The van der Waals surface area contributed by atoms with E-state index in [1.54, 1.807) is 12.1 Å². The minimum absolute atomic E-state index is 0.114. The van der Waals surface area contributed by atoms with Crippen LogP contribution in [0.3, 0.4) is 0 Å². The van der Waals surface area contributed by atoms with Gasteiger partial charge in [0, 0.05) is 18.8 Å². The van der Waals surface area contributed by atoms with Gasteiger partial charge < -0.3 is 5.32 Å². The number of hydrogen-bond acceptors (Lipinski definition) is 5. The van der Waals surface area contributed by atoms with Crippen molar-refractivity contribution in [1.29, 1.82) is 5.26 Å². The van der Waals surface area contributed by atoms with Crippen LogP contribution in [0.1, 0.15) is 31.2 Å². The molecule has 1 N–H and O–H groups in total. The highest BCUT2D eigenvalue weighted by molar-refractivity contribution is 7.92. The summed E-state index contributed by atoms with van der Waals surface area (Å²) < 4.78 is 24.4. The average molecular weight is 382 g/mol. The summed E-state index contributed by atoms with van der Waals surface area (Å²) in [6.45, 7) is 1.13. The van der Waals surface area contributed by atoms with Crippen LogP contribution in [-0.4, -0.2) is 49.4 Å². The first-order chi connectivity index (χ1) is 11.9. The molecule has 1 aromatic rings. The third-order valence-electron chi connectivity index (χ3n) is 5.22. The molecule has 0 unspecified atom stereocenters. The lowest BCUT2D eigenvalue weighted by Gasteiger charge is -2.40. The number of carbonyl (C=O) groups excluding carboxylic acids is 1. The molecule has 1 spiro atoms. The maximum atomic E-state index is 12.5. The molecule has 0 aromatic heterocycles. The molecular weight excluding hydrogens is 362 g/mol. The lowest BCUT2D eigenvalue weighted by Crippen LogP contribution is -2.46. The van der Waals surface area contributed by atoms with E-state index < -0.39 is 14.6 Å². The molecule has 0 radical (unpaired) electrons.